The van der Waals surface area contributed by atoms with Gasteiger partial charge in [-0.05, 0) is 61.0 Å². The highest BCUT2D eigenvalue weighted by Gasteiger charge is 2.18. The summed E-state index contributed by atoms with van der Waals surface area (Å²) in [4.78, 5) is 14.7. The van der Waals surface area contributed by atoms with Crippen LogP contribution in [0.4, 0.5) is 4.39 Å². The molecule has 3 aromatic rings. The summed E-state index contributed by atoms with van der Waals surface area (Å²) in [5, 5.41) is 0. The molecule has 0 atom stereocenters. The number of furan rings is 1. The molecule has 0 aliphatic rings. The highest BCUT2D eigenvalue weighted by Crippen LogP contribution is 2.18. The van der Waals surface area contributed by atoms with Gasteiger partial charge in [0, 0.05) is 12.1 Å². The van der Waals surface area contributed by atoms with Gasteiger partial charge in [0.2, 0.25) is 0 Å². The van der Waals surface area contributed by atoms with Crippen LogP contribution in [0.3, 0.4) is 0 Å². The molecule has 1 heterocycles. The monoisotopic (exact) mass is 353 g/mol. The van der Waals surface area contributed by atoms with E-state index in [0.717, 1.165) is 11.3 Å². The Balaban J connectivity index is 1.84. The van der Waals surface area contributed by atoms with Crippen LogP contribution in [0.5, 0.6) is 5.75 Å². The van der Waals surface area contributed by atoms with Crippen molar-refractivity contribution in [1.29, 1.82) is 0 Å². The Kier molecular flexibility index (Phi) is 5.37. The van der Waals surface area contributed by atoms with Crippen LogP contribution in [0.15, 0.2) is 65.1 Å². The van der Waals surface area contributed by atoms with Gasteiger partial charge in [-0.15, -0.1) is 0 Å². The van der Waals surface area contributed by atoms with Gasteiger partial charge in [0.05, 0.1) is 13.7 Å². The van der Waals surface area contributed by atoms with E-state index in [1.165, 1.54) is 12.1 Å². The molecular weight excluding hydrogens is 333 g/mol. The lowest BCUT2D eigenvalue weighted by Crippen LogP contribution is -2.30. The fourth-order valence-corrected chi connectivity index (χ4v) is 2.68. The number of methoxy groups -OCH3 is 1. The van der Waals surface area contributed by atoms with Crippen molar-refractivity contribution in [3.63, 3.8) is 0 Å². The van der Waals surface area contributed by atoms with Crippen molar-refractivity contribution in [3.05, 3.63) is 89.1 Å². The molecule has 0 saturated heterocycles. The van der Waals surface area contributed by atoms with E-state index >= 15 is 0 Å². The molecule has 3 rings (SSSR count). The summed E-state index contributed by atoms with van der Waals surface area (Å²) >= 11 is 0. The van der Waals surface area contributed by atoms with Crippen molar-refractivity contribution in [2.45, 2.75) is 20.0 Å². The summed E-state index contributed by atoms with van der Waals surface area (Å²) in [7, 11) is 1.58. The molecule has 0 unspecified atom stereocenters. The number of carbonyl (C=O) groups is 1. The average molecular weight is 353 g/mol. The molecule has 1 amide bonds. The number of hydrogen-bond donors (Lipinski definition) is 0. The van der Waals surface area contributed by atoms with Crippen molar-refractivity contribution in [3.8, 4) is 5.75 Å². The van der Waals surface area contributed by atoms with Gasteiger partial charge >= 0.3 is 0 Å². The fourth-order valence-electron chi connectivity index (χ4n) is 2.68. The predicted molar refractivity (Wildman–Crippen MR) is 96.4 cm³/mol. The third-order valence-electron chi connectivity index (χ3n) is 4.05. The van der Waals surface area contributed by atoms with E-state index < -0.39 is 0 Å². The third kappa shape index (κ3) is 4.30. The van der Waals surface area contributed by atoms with Crippen LogP contribution in [0, 0.1) is 12.7 Å². The molecule has 5 heteroatoms. The number of halogens is 1. The number of aryl methyl sites for hydroxylation is 1. The lowest BCUT2D eigenvalue weighted by Gasteiger charge is -2.22. The maximum Gasteiger partial charge on any atom is 0.254 e. The Morgan fingerprint density at radius 2 is 1.69 bits per heavy atom. The van der Waals surface area contributed by atoms with Gasteiger partial charge in [0.15, 0.2) is 0 Å². The molecule has 0 bridgehead atoms. The second-order valence-corrected chi connectivity index (χ2v) is 6.03. The lowest BCUT2D eigenvalue weighted by atomic mass is 10.1. The van der Waals surface area contributed by atoms with Crippen molar-refractivity contribution < 1.29 is 18.3 Å². The van der Waals surface area contributed by atoms with Gasteiger partial charge in [0.1, 0.15) is 23.1 Å². The molecule has 26 heavy (non-hydrogen) atoms. The van der Waals surface area contributed by atoms with E-state index in [1.807, 2.05) is 19.1 Å². The van der Waals surface area contributed by atoms with Gasteiger partial charge < -0.3 is 14.1 Å². The molecule has 1 aromatic heterocycles. The van der Waals surface area contributed by atoms with Crippen LogP contribution in [-0.4, -0.2) is 17.9 Å². The Labute approximate surface area is 151 Å². The van der Waals surface area contributed by atoms with Crippen LogP contribution in [0.25, 0.3) is 0 Å². The first kappa shape index (κ1) is 17.7. The van der Waals surface area contributed by atoms with Crippen LogP contribution in [-0.2, 0) is 13.1 Å². The maximum atomic E-state index is 13.2. The topological polar surface area (TPSA) is 42.7 Å². The van der Waals surface area contributed by atoms with Gasteiger partial charge in [0.25, 0.3) is 5.91 Å². The molecule has 0 aliphatic carbocycles. The standard InChI is InChI=1S/C21H20FNO3/c1-15-3-10-20(26-15)14-23(13-16-4-8-18(22)9-5-16)21(24)17-6-11-19(25-2)12-7-17/h3-12H,13-14H2,1-2H3. The Morgan fingerprint density at radius 3 is 2.27 bits per heavy atom. The van der Waals surface area contributed by atoms with Crippen molar-refractivity contribution in [2.24, 2.45) is 0 Å². The number of rotatable bonds is 6. The Bertz CT molecular complexity index is 869. The first-order valence-electron chi connectivity index (χ1n) is 8.28. The molecule has 134 valence electrons. The second-order valence-electron chi connectivity index (χ2n) is 6.03. The zero-order chi connectivity index (χ0) is 18.5. The van der Waals surface area contributed by atoms with Gasteiger partial charge in [-0.25, -0.2) is 4.39 Å². The van der Waals surface area contributed by atoms with Gasteiger partial charge in [-0.2, -0.15) is 0 Å². The number of nitrogens with zero attached hydrogens (tertiary/aromatic N) is 1. The van der Waals surface area contributed by atoms with Crippen molar-refractivity contribution >= 4 is 5.91 Å². The summed E-state index contributed by atoms with van der Waals surface area (Å²) < 4.78 is 23.9. The van der Waals surface area contributed by atoms with Gasteiger partial charge in [-0.3, -0.25) is 4.79 Å². The summed E-state index contributed by atoms with van der Waals surface area (Å²) in [6.45, 7) is 2.54. The molecular formula is C21H20FNO3. The minimum absolute atomic E-state index is 0.133. The number of benzene rings is 2. The van der Waals surface area contributed by atoms with Gasteiger partial charge in [-0.1, -0.05) is 12.1 Å². The van der Waals surface area contributed by atoms with E-state index in [-0.39, 0.29) is 11.7 Å². The molecule has 0 aliphatic heterocycles. The van der Waals surface area contributed by atoms with E-state index in [1.54, 1.807) is 48.4 Å². The smallest absolute Gasteiger partial charge is 0.254 e. The first-order valence-corrected chi connectivity index (χ1v) is 8.28. The third-order valence-corrected chi connectivity index (χ3v) is 4.05. The number of hydrogen-bond acceptors (Lipinski definition) is 3. The van der Waals surface area contributed by atoms with Crippen LogP contribution in [0.1, 0.15) is 27.4 Å². The minimum Gasteiger partial charge on any atom is -0.497 e. The molecule has 0 fully saturated rings. The quantitative estimate of drug-likeness (QED) is 0.651. The average Bonchev–Trinajstić information content (AvgIpc) is 3.07. The highest BCUT2D eigenvalue weighted by atomic mass is 19.1. The predicted octanol–water partition coefficient (Wildman–Crippen LogP) is 4.58. The zero-order valence-corrected chi connectivity index (χ0v) is 14.7. The zero-order valence-electron chi connectivity index (χ0n) is 14.7. The van der Waals surface area contributed by atoms with E-state index in [4.69, 9.17) is 9.15 Å². The summed E-state index contributed by atoms with van der Waals surface area (Å²) in [5.41, 5.74) is 1.40. The summed E-state index contributed by atoms with van der Waals surface area (Å²) in [6, 6.07) is 16.8. The summed E-state index contributed by atoms with van der Waals surface area (Å²) in [6.07, 6.45) is 0. The van der Waals surface area contributed by atoms with E-state index in [9.17, 15) is 9.18 Å². The minimum atomic E-state index is -0.302. The molecule has 0 spiro atoms. The Hall–Kier alpha value is -3.08. The maximum absolute atomic E-state index is 13.2. The molecule has 0 N–H and O–H groups in total. The SMILES string of the molecule is COc1ccc(C(=O)N(Cc2ccc(F)cc2)Cc2ccc(C)o2)cc1. The first-order chi connectivity index (χ1) is 12.5. The highest BCUT2D eigenvalue weighted by molar-refractivity contribution is 5.94. The Morgan fingerprint density at radius 1 is 1.00 bits per heavy atom. The normalized spacial score (nSPS) is 10.6. The van der Waals surface area contributed by atoms with Crippen molar-refractivity contribution in [1.82, 2.24) is 4.90 Å². The van der Waals surface area contributed by atoms with E-state index in [2.05, 4.69) is 0 Å². The van der Waals surface area contributed by atoms with Crippen LogP contribution >= 0.6 is 0 Å². The van der Waals surface area contributed by atoms with E-state index in [0.29, 0.717) is 30.2 Å². The summed E-state index contributed by atoms with van der Waals surface area (Å²) in [5.74, 6) is 1.74. The van der Waals surface area contributed by atoms with Crippen LogP contribution < -0.4 is 4.74 Å². The molecule has 0 saturated carbocycles. The molecule has 2 aromatic carbocycles. The largest absolute Gasteiger partial charge is 0.497 e. The van der Waals surface area contributed by atoms with Crippen LogP contribution in [0.2, 0.25) is 0 Å². The molecule has 4 nitrogen and oxygen atoms in total. The van der Waals surface area contributed by atoms with Crippen molar-refractivity contribution in [2.75, 3.05) is 7.11 Å². The fraction of sp³-hybridized carbons (Fsp3) is 0.190. The number of amides is 1. The number of ether oxygens (including phenoxy) is 1. The molecule has 0 radical (unpaired) electrons. The lowest BCUT2D eigenvalue weighted by molar-refractivity contribution is 0.0717. The number of carbonyl (C=O) groups excluding carboxylic acids is 1. The second kappa shape index (κ2) is 7.87.